The Bertz CT molecular complexity index is 524. The molecule has 0 amide bonds. The van der Waals surface area contributed by atoms with Gasteiger partial charge in [0, 0.05) is 0 Å². The highest BCUT2D eigenvalue weighted by molar-refractivity contribution is 7.98. The summed E-state index contributed by atoms with van der Waals surface area (Å²) in [4.78, 5) is 15.7. The summed E-state index contributed by atoms with van der Waals surface area (Å²) in [5, 5.41) is 4.84. The number of carbonyl (C=O) groups is 1. The van der Waals surface area contributed by atoms with Gasteiger partial charge in [-0.3, -0.25) is 0 Å². The molecule has 0 aliphatic rings. The molecule has 0 bridgehead atoms. The van der Waals surface area contributed by atoms with Crippen LogP contribution >= 0.6 is 11.8 Å². The summed E-state index contributed by atoms with van der Waals surface area (Å²) in [7, 11) is 0. The maximum atomic E-state index is 11.6. The van der Waals surface area contributed by atoms with Crippen LogP contribution in [0.5, 0.6) is 0 Å². The molecule has 0 radical (unpaired) electrons. The quantitative estimate of drug-likeness (QED) is 0.600. The zero-order valence-electron chi connectivity index (χ0n) is 9.01. The zero-order valence-corrected chi connectivity index (χ0v) is 9.82. The lowest BCUT2D eigenvalue weighted by Gasteiger charge is -2.02. The Morgan fingerprint density at radius 3 is 3.06 bits per heavy atom. The molecule has 0 aliphatic heterocycles. The summed E-state index contributed by atoms with van der Waals surface area (Å²) >= 11 is 1.43. The molecule has 5 nitrogen and oxygen atoms in total. The van der Waals surface area contributed by atoms with E-state index in [-0.39, 0.29) is 5.97 Å². The SMILES string of the molecule is CCOC(=O)c1ccc2cnc(SC)nn12. The van der Waals surface area contributed by atoms with Gasteiger partial charge >= 0.3 is 5.97 Å². The van der Waals surface area contributed by atoms with Crippen molar-refractivity contribution in [1.29, 1.82) is 0 Å². The van der Waals surface area contributed by atoms with Crippen molar-refractivity contribution < 1.29 is 9.53 Å². The van der Waals surface area contributed by atoms with Crippen molar-refractivity contribution in [2.75, 3.05) is 12.9 Å². The molecular weight excluding hydrogens is 226 g/mol. The predicted molar refractivity (Wildman–Crippen MR) is 60.7 cm³/mol. The highest BCUT2D eigenvalue weighted by Gasteiger charge is 2.13. The van der Waals surface area contributed by atoms with E-state index in [2.05, 4.69) is 10.1 Å². The Hall–Kier alpha value is -1.56. The molecule has 0 spiro atoms. The minimum absolute atomic E-state index is 0.354. The van der Waals surface area contributed by atoms with E-state index in [4.69, 9.17) is 4.74 Å². The minimum Gasteiger partial charge on any atom is -0.461 e. The van der Waals surface area contributed by atoms with Crippen LogP contribution in [-0.4, -0.2) is 33.4 Å². The van der Waals surface area contributed by atoms with E-state index in [9.17, 15) is 4.79 Å². The molecule has 0 aliphatic carbocycles. The number of hydrogen-bond donors (Lipinski definition) is 0. The predicted octanol–water partition coefficient (Wildman–Crippen LogP) is 1.63. The topological polar surface area (TPSA) is 56.5 Å². The van der Waals surface area contributed by atoms with Crippen molar-refractivity contribution >= 4 is 23.2 Å². The third-order valence-electron chi connectivity index (χ3n) is 2.04. The molecule has 84 valence electrons. The van der Waals surface area contributed by atoms with Crippen LogP contribution in [0.2, 0.25) is 0 Å². The third kappa shape index (κ3) is 1.88. The van der Waals surface area contributed by atoms with Gasteiger partial charge < -0.3 is 4.74 Å². The van der Waals surface area contributed by atoms with Crippen LogP contribution in [0.3, 0.4) is 0 Å². The van der Waals surface area contributed by atoms with Gasteiger partial charge in [0.15, 0.2) is 5.69 Å². The van der Waals surface area contributed by atoms with Gasteiger partial charge in [-0.1, -0.05) is 11.8 Å². The number of nitrogens with zero attached hydrogens (tertiary/aromatic N) is 3. The lowest BCUT2D eigenvalue weighted by atomic mass is 10.4. The van der Waals surface area contributed by atoms with Gasteiger partial charge in [0.05, 0.1) is 18.3 Å². The lowest BCUT2D eigenvalue weighted by molar-refractivity contribution is 0.0516. The number of hydrogen-bond acceptors (Lipinski definition) is 5. The van der Waals surface area contributed by atoms with Crippen LogP contribution in [0.1, 0.15) is 17.4 Å². The van der Waals surface area contributed by atoms with E-state index in [1.54, 1.807) is 29.8 Å². The molecule has 16 heavy (non-hydrogen) atoms. The van der Waals surface area contributed by atoms with Gasteiger partial charge in [-0.15, -0.1) is 5.10 Å². The number of esters is 1. The van der Waals surface area contributed by atoms with Crippen molar-refractivity contribution in [3.63, 3.8) is 0 Å². The molecule has 0 N–H and O–H groups in total. The number of aromatic nitrogens is 3. The highest BCUT2D eigenvalue weighted by atomic mass is 32.2. The molecule has 2 aromatic rings. The Balaban J connectivity index is 2.49. The van der Waals surface area contributed by atoms with E-state index >= 15 is 0 Å². The fraction of sp³-hybridized carbons (Fsp3) is 0.300. The van der Waals surface area contributed by atoms with E-state index in [0.29, 0.717) is 17.5 Å². The normalized spacial score (nSPS) is 10.6. The Morgan fingerprint density at radius 1 is 1.56 bits per heavy atom. The second kappa shape index (κ2) is 4.52. The first kappa shape index (κ1) is 10.9. The van der Waals surface area contributed by atoms with Crippen LogP contribution in [0.15, 0.2) is 23.5 Å². The van der Waals surface area contributed by atoms with Gasteiger partial charge in [0.1, 0.15) is 0 Å². The maximum absolute atomic E-state index is 11.6. The molecule has 0 saturated heterocycles. The van der Waals surface area contributed by atoms with Gasteiger partial charge in [0.2, 0.25) is 5.16 Å². The summed E-state index contributed by atoms with van der Waals surface area (Å²) in [5.41, 5.74) is 1.20. The summed E-state index contributed by atoms with van der Waals surface area (Å²) in [5.74, 6) is -0.367. The average Bonchev–Trinajstić information content (AvgIpc) is 2.71. The van der Waals surface area contributed by atoms with Crippen LogP contribution < -0.4 is 0 Å². The molecule has 2 rings (SSSR count). The van der Waals surface area contributed by atoms with Gasteiger partial charge in [-0.25, -0.2) is 14.3 Å². The van der Waals surface area contributed by atoms with Crippen LogP contribution in [-0.2, 0) is 4.74 Å². The van der Waals surface area contributed by atoms with Crippen LogP contribution in [0.4, 0.5) is 0 Å². The van der Waals surface area contributed by atoms with Gasteiger partial charge in [-0.2, -0.15) is 0 Å². The molecule has 2 heterocycles. The van der Waals surface area contributed by atoms with E-state index in [1.807, 2.05) is 6.26 Å². The fourth-order valence-electron chi connectivity index (χ4n) is 1.34. The summed E-state index contributed by atoms with van der Waals surface area (Å²) in [6.45, 7) is 2.13. The fourth-order valence-corrected chi connectivity index (χ4v) is 1.66. The summed E-state index contributed by atoms with van der Waals surface area (Å²) in [6, 6.07) is 3.47. The Kier molecular flexibility index (Phi) is 3.09. The summed E-state index contributed by atoms with van der Waals surface area (Å²) in [6.07, 6.45) is 3.57. The van der Waals surface area contributed by atoms with Crippen LogP contribution in [0.25, 0.3) is 5.52 Å². The van der Waals surface area contributed by atoms with Crippen molar-refractivity contribution in [2.45, 2.75) is 12.1 Å². The van der Waals surface area contributed by atoms with E-state index in [0.717, 1.165) is 5.52 Å². The van der Waals surface area contributed by atoms with Crippen molar-refractivity contribution in [2.24, 2.45) is 0 Å². The number of ether oxygens (including phenoxy) is 1. The van der Waals surface area contributed by atoms with Crippen molar-refractivity contribution in [3.8, 4) is 0 Å². The largest absolute Gasteiger partial charge is 0.461 e. The number of thioether (sulfide) groups is 1. The molecule has 6 heteroatoms. The smallest absolute Gasteiger partial charge is 0.356 e. The number of carbonyl (C=O) groups excluding carboxylic acids is 1. The zero-order chi connectivity index (χ0) is 11.5. The Labute approximate surface area is 96.8 Å². The monoisotopic (exact) mass is 237 g/mol. The van der Waals surface area contributed by atoms with Gasteiger partial charge in [-0.05, 0) is 25.3 Å². The summed E-state index contributed by atoms with van der Waals surface area (Å²) < 4.78 is 6.49. The third-order valence-corrected chi connectivity index (χ3v) is 2.60. The maximum Gasteiger partial charge on any atom is 0.356 e. The minimum atomic E-state index is -0.367. The number of rotatable bonds is 3. The first-order valence-corrected chi connectivity index (χ1v) is 6.04. The molecular formula is C10H11N3O2S. The second-order valence-corrected chi connectivity index (χ2v) is 3.79. The lowest BCUT2D eigenvalue weighted by Crippen LogP contribution is -2.10. The molecule has 2 aromatic heterocycles. The number of fused-ring (bicyclic) bond motifs is 1. The molecule has 0 unspecified atom stereocenters. The van der Waals surface area contributed by atoms with Gasteiger partial charge in [0.25, 0.3) is 0 Å². The highest BCUT2D eigenvalue weighted by Crippen LogP contribution is 2.12. The standard InChI is InChI=1S/C10H11N3O2S/c1-3-15-9(14)8-5-4-7-6-11-10(16-2)12-13(7)8/h4-6H,3H2,1-2H3. The Morgan fingerprint density at radius 2 is 2.38 bits per heavy atom. The first-order chi connectivity index (χ1) is 7.76. The average molecular weight is 237 g/mol. The second-order valence-electron chi connectivity index (χ2n) is 3.02. The molecule has 0 fully saturated rings. The van der Waals surface area contributed by atoms with E-state index in [1.165, 1.54) is 11.8 Å². The first-order valence-electron chi connectivity index (χ1n) is 4.82. The van der Waals surface area contributed by atoms with Crippen molar-refractivity contribution in [1.82, 2.24) is 14.6 Å². The molecule has 0 atom stereocenters. The molecule has 0 saturated carbocycles. The molecule has 0 aromatic carbocycles. The van der Waals surface area contributed by atoms with E-state index < -0.39 is 0 Å². The van der Waals surface area contributed by atoms with Crippen molar-refractivity contribution in [3.05, 3.63) is 24.0 Å². The van der Waals surface area contributed by atoms with Crippen LogP contribution in [0, 0.1) is 0 Å².